The Balaban J connectivity index is 2.43. The minimum atomic E-state index is 0.0909. The van der Waals surface area contributed by atoms with Gasteiger partial charge in [0.25, 0.3) is 0 Å². The van der Waals surface area contributed by atoms with Gasteiger partial charge in [-0.1, -0.05) is 23.8 Å². The fourth-order valence-corrected chi connectivity index (χ4v) is 1.71. The maximum absolute atomic E-state index is 3.24. The Labute approximate surface area is 72.8 Å². The lowest BCUT2D eigenvalue weighted by Crippen LogP contribution is -2.13. The van der Waals surface area contributed by atoms with E-state index in [2.05, 4.69) is 43.1 Å². The molecule has 1 aliphatic rings. The van der Waals surface area contributed by atoms with Crippen molar-refractivity contribution in [2.75, 3.05) is 0 Å². The van der Waals surface area contributed by atoms with Crippen molar-refractivity contribution in [1.82, 2.24) is 4.98 Å². The molecular formula is C11H13N. The van der Waals surface area contributed by atoms with Crippen LogP contribution in [0.25, 0.3) is 0 Å². The van der Waals surface area contributed by atoms with Gasteiger partial charge in [0.1, 0.15) is 0 Å². The first-order valence-corrected chi connectivity index (χ1v) is 4.23. The second-order valence-electron chi connectivity index (χ2n) is 3.59. The summed E-state index contributed by atoms with van der Waals surface area (Å²) in [5.41, 5.74) is 2.69. The van der Waals surface area contributed by atoms with E-state index in [9.17, 15) is 0 Å². The molecule has 1 aromatic heterocycles. The van der Waals surface area contributed by atoms with Crippen LogP contribution in [0, 0.1) is 0 Å². The lowest BCUT2D eigenvalue weighted by atomic mass is 9.89. The highest BCUT2D eigenvalue weighted by Crippen LogP contribution is 2.31. The Morgan fingerprint density at radius 1 is 1.42 bits per heavy atom. The summed E-state index contributed by atoms with van der Waals surface area (Å²) in [4.78, 5) is 3.24. The first-order chi connectivity index (χ1) is 5.71. The highest BCUT2D eigenvalue weighted by Gasteiger charge is 2.24. The number of aromatic nitrogens is 1. The van der Waals surface area contributed by atoms with Crippen LogP contribution in [0.5, 0.6) is 0 Å². The average Bonchev–Trinajstić information content (AvgIpc) is 2.59. The van der Waals surface area contributed by atoms with Crippen LogP contribution in [0.1, 0.15) is 19.5 Å². The molecule has 0 aromatic carbocycles. The van der Waals surface area contributed by atoms with E-state index in [4.69, 9.17) is 0 Å². The Morgan fingerprint density at radius 2 is 2.25 bits per heavy atom. The molecule has 0 bridgehead atoms. The van der Waals surface area contributed by atoms with Gasteiger partial charge in [0.2, 0.25) is 0 Å². The Bertz CT molecular complexity index is 330. The number of H-pyrrole nitrogens is 1. The molecule has 1 heterocycles. The van der Waals surface area contributed by atoms with E-state index in [-0.39, 0.29) is 5.41 Å². The van der Waals surface area contributed by atoms with Crippen LogP contribution in [-0.2, 0) is 5.41 Å². The van der Waals surface area contributed by atoms with Crippen LogP contribution in [0.2, 0.25) is 0 Å². The number of allylic oxidation sites excluding steroid dienone is 4. The summed E-state index contributed by atoms with van der Waals surface area (Å²) in [5, 5.41) is 0. The number of rotatable bonds is 1. The third-order valence-electron chi connectivity index (χ3n) is 2.40. The van der Waals surface area contributed by atoms with Gasteiger partial charge in [-0.3, -0.25) is 0 Å². The van der Waals surface area contributed by atoms with Gasteiger partial charge >= 0.3 is 0 Å². The molecule has 0 fully saturated rings. The van der Waals surface area contributed by atoms with Gasteiger partial charge in [-0.25, -0.2) is 0 Å². The van der Waals surface area contributed by atoms with E-state index in [0.29, 0.717) is 0 Å². The van der Waals surface area contributed by atoms with Gasteiger partial charge in [-0.05, 0) is 26.0 Å². The van der Waals surface area contributed by atoms with E-state index in [1.54, 1.807) is 0 Å². The van der Waals surface area contributed by atoms with Gasteiger partial charge in [0.15, 0.2) is 0 Å². The van der Waals surface area contributed by atoms with E-state index < -0.39 is 0 Å². The second-order valence-corrected chi connectivity index (χ2v) is 3.59. The monoisotopic (exact) mass is 159 g/mol. The van der Waals surface area contributed by atoms with Crippen LogP contribution in [0.15, 0.2) is 42.1 Å². The molecule has 1 N–H and O–H groups in total. The Morgan fingerprint density at radius 3 is 2.75 bits per heavy atom. The zero-order chi connectivity index (χ0) is 8.60. The summed E-state index contributed by atoms with van der Waals surface area (Å²) in [6.07, 6.45) is 8.64. The van der Waals surface area contributed by atoms with Crippen molar-refractivity contribution in [3.05, 3.63) is 47.8 Å². The predicted molar refractivity (Wildman–Crippen MR) is 51.0 cm³/mol. The van der Waals surface area contributed by atoms with Gasteiger partial charge in [0, 0.05) is 17.3 Å². The molecule has 0 saturated carbocycles. The molecule has 1 aromatic rings. The number of hydrogen-bond acceptors (Lipinski definition) is 0. The fraction of sp³-hybridized carbons (Fsp3) is 0.273. The summed E-state index contributed by atoms with van der Waals surface area (Å²) in [6, 6.07) is 4.16. The van der Waals surface area contributed by atoms with Crippen LogP contribution >= 0.6 is 0 Å². The van der Waals surface area contributed by atoms with E-state index >= 15 is 0 Å². The van der Waals surface area contributed by atoms with Crippen molar-refractivity contribution in [3.8, 4) is 0 Å². The fourth-order valence-electron chi connectivity index (χ4n) is 1.71. The molecule has 1 nitrogen and oxygen atoms in total. The molecule has 12 heavy (non-hydrogen) atoms. The highest BCUT2D eigenvalue weighted by molar-refractivity contribution is 5.42. The summed E-state index contributed by atoms with van der Waals surface area (Å²) in [7, 11) is 0. The van der Waals surface area contributed by atoms with Crippen molar-refractivity contribution in [1.29, 1.82) is 0 Å². The molecule has 1 heteroatoms. The molecular weight excluding hydrogens is 146 g/mol. The quantitative estimate of drug-likeness (QED) is 0.648. The smallest absolute Gasteiger partial charge is 0.0443 e. The molecule has 1 atom stereocenters. The molecule has 0 aliphatic heterocycles. The summed E-state index contributed by atoms with van der Waals surface area (Å²) in [5.74, 6) is 0. The molecule has 1 aliphatic carbocycles. The molecule has 0 amide bonds. The van der Waals surface area contributed by atoms with Gasteiger partial charge < -0.3 is 4.98 Å². The summed E-state index contributed by atoms with van der Waals surface area (Å²) >= 11 is 0. The van der Waals surface area contributed by atoms with Crippen LogP contribution < -0.4 is 0 Å². The molecule has 0 radical (unpaired) electrons. The third kappa shape index (κ3) is 1.02. The minimum Gasteiger partial charge on any atom is -0.364 e. The molecule has 0 spiro atoms. The lowest BCUT2D eigenvalue weighted by Gasteiger charge is -2.17. The first kappa shape index (κ1) is 7.41. The molecule has 1 unspecified atom stereocenters. The van der Waals surface area contributed by atoms with Crippen molar-refractivity contribution >= 4 is 0 Å². The Hall–Kier alpha value is -1.24. The zero-order valence-electron chi connectivity index (χ0n) is 7.46. The van der Waals surface area contributed by atoms with Crippen molar-refractivity contribution in [2.24, 2.45) is 0 Å². The summed E-state index contributed by atoms with van der Waals surface area (Å²) in [6.45, 7) is 4.34. The van der Waals surface area contributed by atoms with E-state index in [1.165, 1.54) is 11.3 Å². The average molecular weight is 159 g/mol. The van der Waals surface area contributed by atoms with Gasteiger partial charge in [-0.2, -0.15) is 0 Å². The topological polar surface area (TPSA) is 15.8 Å². The van der Waals surface area contributed by atoms with E-state index in [1.807, 2.05) is 12.3 Å². The largest absolute Gasteiger partial charge is 0.364 e. The van der Waals surface area contributed by atoms with Crippen LogP contribution in [0.4, 0.5) is 0 Å². The number of hydrogen-bond donors (Lipinski definition) is 1. The van der Waals surface area contributed by atoms with Gasteiger partial charge in [0.05, 0.1) is 0 Å². The SMILES string of the molecule is CC1=CC(C)(c2ccc[nH]2)C=C1. The van der Waals surface area contributed by atoms with Crippen molar-refractivity contribution in [2.45, 2.75) is 19.3 Å². The number of nitrogens with one attached hydrogen (secondary N) is 1. The van der Waals surface area contributed by atoms with Crippen LogP contribution in [0.3, 0.4) is 0 Å². The minimum absolute atomic E-state index is 0.0909. The van der Waals surface area contributed by atoms with E-state index in [0.717, 1.165) is 0 Å². The maximum atomic E-state index is 3.24. The molecule has 2 rings (SSSR count). The molecule has 62 valence electrons. The normalized spacial score (nSPS) is 27.7. The first-order valence-electron chi connectivity index (χ1n) is 4.23. The Kier molecular flexibility index (Phi) is 1.47. The lowest BCUT2D eigenvalue weighted by molar-refractivity contribution is 0.740. The predicted octanol–water partition coefficient (Wildman–Crippen LogP) is 2.79. The van der Waals surface area contributed by atoms with Crippen molar-refractivity contribution < 1.29 is 0 Å². The third-order valence-corrected chi connectivity index (χ3v) is 2.40. The van der Waals surface area contributed by atoms with Crippen LogP contribution in [-0.4, -0.2) is 4.98 Å². The second kappa shape index (κ2) is 2.37. The standard InChI is InChI=1S/C11H13N/c1-9-5-6-11(2,8-9)10-4-3-7-12-10/h3-8,12H,1-2H3. The van der Waals surface area contributed by atoms with Crippen molar-refractivity contribution in [3.63, 3.8) is 0 Å². The highest BCUT2D eigenvalue weighted by atomic mass is 14.7. The van der Waals surface area contributed by atoms with Gasteiger partial charge in [-0.15, -0.1) is 0 Å². The zero-order valence-corrected chi connectivity index (χ0v) is 7.46. The number of aromatic amines is 1. The summed E-state index contributed by atoms with van der Waals surface area (Å²) < 4.78 is 0. The molecule has 0 saturated heterocycles. The maximum Gasteiger partial charge on any atom is 0.0443 e.